The summed E-state index contributed by atoms with van der Waals surface area (Å²) in [7, 11) is 0. The predicted octanol–water partition coefficient (Wildman–Crippen LogP) is 3.57. The molecule has 16 heavy (non-hydrogen) atoms. The molecular weight excluding hydrogens is 196 g/mol. The van der Waals surface area contributed by atoms with Gasteiger partial charge in [0.05, 0.1) is 5.41 Å². The molecule has 1 nitrogen and oxygen atoms in total. The van der Waals surface area contributed by atoms with Crippen molar-refractivity contribution >= 4 is 5.78 Å². The molecule has 1 aromatic carbocycles. The minimum atomic E-state index is -0.195. The Morgan fingerprint density at radius 2 is 1.88 bits per heavy atom. The third kappa shape index (κ3) is 1.50. The van der Waals surface area contributed by atoms with Crippen LogP contribution in [0.5, 0.6) is 0 Å². The number of rotatable bonds is 2. The van der Waals surface area contributed by atoms with Crippen LogP contribution in [0.4, 0.5) is 0 Å². The van der Waals surface area contributed by atoms with Gasteiger partial charge in [-0.05, 0) is 37.3 Å². The predicted molar refractivity (Wildman–Crippen MR) is 66.8 cm³/mol. The van der Waals surface area contributed by atoms with Crippen molar-refractivity contribution in [3.05, 3.63) is 34.9 Å². The van der Waals surface area contributed by atoms with Crippen molar-refractivity contribution in [1.82, 2.24) is 0 Å². The number of carbonyl (C=O) groups is 1. The minimum absolute atomic E-state index is 0.195. The SMILES string of the molecule is CCC1(CC)C(=O)CCc2ccc(C)cc21. The van der Waals surface area contributed by atoms with E-state index < -0.39 is 0 Å². The molecule has 2 rings (SSSR count). The number of ketones is 1. The molecule has 1 heteroatoms. The van der Waals surface area contributed by atoms with E-state index in [2.05, 4.69) is 39.0 Å². The number of carbonyl (C=O) groups excluding carboxylic acids is 1. The Morgan fingerprint density at radius 1 is 1.19 bits per heavy atom. The van der Waals surface area contributed by atoms with Crippen molar-refractivity contribution in [2.75, 3.05) is 0 Å². The van der Waals surface area contributed by atoms with Gasteiger partial charge in [-0.25, -0.2) is 0 Å². The van der Waals surface area contributed by atoms with Gasteiger partial charge in [-0.3, -0.25) is 4.79 Å². The lowest BCUT2D eigenvalue weighted by Crippen LogP contribution is -2.39. The van der Waals surface area contributed by atoms with E-state index in [4.69, 9.17) is 0 Å². The maximum Gasteiger partial charge on any atom is 0.143 e. The highest BCUT2D eigenvalue weighted by molar-refractivity contribution is 5.92. The van der Waals surface area contributed by atoms with E-state index in [1.165, 1.54) is 16.7 Å². The van der Waals surface area contributed by atoms with Gasteiger partial charge in [0.1, 0.15) is 5.78 Å². The van der Waals surface area contributed by atoms with Crippen LogP contribution >= 0.6 is 0 Å². The first-order valence-corrected chi connectivity index (χ1v) is 6.27. The maximum absolute atomic E-state index is 12.3. The van der Waals surface area contributed by atoms with Crippen LogP contribution in [0.25, 0.3) is 0 Å². The lowest BCUT2D eigenvalue weighted by Gasteiger charge is -2.36. The molecule has 0 spiro atoms. The van der Waals surface area contributed by atoms with Crippen molar-refractivity contribution in [3.63, 3.8) is 0 Å². The zero-order valence-electron chi connectivity index (χ0n) is 10.5. The summed E-state index contributed by atoms with van der Waals surface area (Å²) in [5, 5.41) is 0. The first-order valence-electron chi connectivity index (χ1n) is 6.27. The number of hydrogen-bond acceptors (Lipinski definition) is 1. The fraction of sp³-hybridized carbons (Fsp3) is 0.533. The molecular formula is C15H20O. The minimum Gasteiger partial charge on any atom is -0.299 e. The van der Waals surface area contributed by atoms with Crippen LogP contribution in [0.2, 0.25) is 0 Å². The normalized spacial score (nSPS) is 18.3. The van der Waals surface area contributed by atoms with Crippen LogP contribution in [-0.4, -0.2) is 5.78 Å². The number of fused-ring (bicyclic) bond motifs is 1. The molecule has 0 saturated heterocycles. The Bertz CT molecular complexity index is 413. The van der Waals surface area contributed by atoms with E-state index >= 15 is 0 Å². The van der Waals surface area contributed by atoms with Crippen LogP contribution in [0.15, 0.2) is 18.2 Å². The van der Waals surface area contributed by atoms with Crippen molar-refractivity contribution in [3.8, 4) is 0 Å². The summed E-state index contributed by atoms with van der Waals surface area (Å²) in [4.78, 5) is 12.3. The van der Waals surface area contributed by atoms with Crippen LogP contribution in [0, 0.1) is 6.92 Å². The second-order valence-electron chi connectivity index (χ2n) is 4.87. The average Bonchev–Trinajstić information content (AvgIpc) is 2.30. The van der Waals surface area contributed by atoms with Crippen molar-refractivity contribution in [2.24, 2.45) is 0 Å². The van der Waals surface area contributed by atoms with Crippen LogP contribution in [-0.2, 0) is 16.6 Å². The Kier molecular flexibility index (Phi) is 2.88. The molecule has 0 saturated carbocycles. The molecule has 0 fully saturated rings. The van der Waals surface area contributed by atoms with Gasteiger partial charge in [0.25, 0.3) is 0 Å². The molecule has 0 aromatic heterocycles. The third-order valence-electron chi connectivity index (χ3n) is 4.14. The lowest BCUT2D eigenvalue weighted by atomic mass is 9.65. The van der Waals surface area contributed by atoms with Gasteiger partial charge in [0.15, 0.2) is 0 Å². The monoisotopic (exact) mass is 216 g/mol. The highest BCUT2D eigenvalue weighted by Crippen LogP contribution is 2.40. The van der Waals surface area contributed by atoms with Crippen LogP contribution in [0.1, 0.15) is 49.8 Å². The first kappa shape index (κ1) is 11.4. The number of hydrogen-bond donors (Lipinski definition) is 0. The maximum atomic E-state index is 12.3. The van der Waals surface area contributed by atoms with Crippen molar-refractivity contribution < 1.29 is 4.79 Å². The summed E-state index contributed by atoms with van der Waals surface area (Å²) in [5.74, 6) is 0.440. The van der Waals surface area contributed by atoms with E-state index in [9.17, 15) is 4.79 Å². The van der Waals surface area contributed by atoms with E-state index in [0.717, 1.165) is 25.7 Å². The second-order valence-corrected chi connectivity index (χ2v) is 4.87. The fourth-order valence-corrected chi connectivity index (χ4v) is 3.02. The molecule has 1 aliphatic carbocycles. The summed E-state index contributed by atoms with van der Waals surface area (Å²) in [6.45, 7) is 6.38. The van der Waals surface area contributed by atoms with Crippen molar-refractivity contribution in [2.45, 2.75) is 51.9 Å². The molecule has 0 atom stereocenters. The smallest absolute Gasteiger partial charge is 0.143 e. The zero-order valence-corrected chi connectivity index (χ0v) is 10.5. The third-order valence-corrected chi connectivity index (χ3v) is 4.14. The highest BCUT2D eigenvalue weighted by Gasteiger charge is 2.40. The first-order chi connectivity index (χ1) is 7.64. The molecule has 0 bridgehead atoms. The molecule has 0 radical (unpaired) electrons. The topological polar surface area (TPSA) is 17.1 Å². The zero-order chi connectivity index (χ0) is 11.8. The standard InChI is InChI=1S/C15H20O/c1-4-15(5-2)13-10-11(3)6-7-12(13)8-9-14(15)16/h6-7,10H,4-5,8-9H2,1-3H3. The van der Waals surface area contributed by atoms with Gasteiger partial charge in [-0.15, -0.1) is 0 Å². The van der Waals surface area contributed by atoms with E-state index in [-0.39, 0.29) is 5.41 Å². The lowest BCUT2D eigenvalue weighted by molar-refractivity contribution is -0.125. The fourth-order valence-electron chi connectivity index (χ4n) is 3.02. The molecule has 1 aromatic rings. The molecule has 0 amide bonds. The Hall–Kier alpha value is -1.11. The number of Topliss-reactive ketones (excluding diaryl/α,β-unsaturated/α-hetero) is 1. The molecule has 1 aliphatic rings. The molecule has 86 valence electrons. The van der Waals surface area contributed by atoms with Crippen LogP contribution < -0.4 is 0 Å². The van der Waals surface area contributed by atoms with Gasteiger partial charge in [-0.1, -0.05) is 37.6 Å². The Balaban J connectivity index is 2.62. The van der Waals surface area contributed by atoms with Gasteiger partial charge in [-0.2, -0.15) is 0 Å². The summed E-state index contributed by atoms with van der Waals surface area (Å²) in [6.07, 6.45) is 3.51. The quantitative estimate of drug-likeness (QED) is 0.738. The van der Waals surface area contributed by atoms with Crippen LogP contribution in [0.3, 0.4) is 0 Å². The molecule has 0 aliphatic heterocycles. The number of aryl methyl sites for hydroxylation is 2. The van der Waals surface area contributed by atoms with Gasteiger partial charge in [0, 0.05) is 6.42 Å². The van der Waals surface area contributed by atoms with E-state index in [1.54, 1.807) is 0 Å². The van der Waals surface area contributed by atoms with E-state index in [1.807, 2.05) is 0 Å². The Labute approximate surface area is 97.9 Å². The van der Waals surface area contributed by atoms with Gasteiger partial charge >= 0.3 is 0 Å². The molecule has 0 unspecified atom stereocenters. The highest BCUT2D eigenvalue weighted by atomic mass is 16.1. The second kappa shape index (κ2) is 4.04. The Morgan fingerprint density at radius 3 is 2.50 bits per heavy atom. The largest absolute Gasteiger partial charge is 0.299 e. The summed E-state index contributed by atoms with van der Waals surface area (Å²) < 4.78 is 0. The van der Waals surface area contributed by atoms with E-state index in [0.29, 0.717) is 5.78 Å². The van der Waals surface area contributed by atoms with Crippen molar-refractivity contribution in [1.29, 1.82) is 0 Å². The molecule has 0 N–H and O–H groups in total. The van der Waals surface area contributed by atoms with Gasteiger partial charge in [0.2, 0.25) is 0 Å². The average molecular weight is 216 g/mol. The summed E-state index contributed by atoms with van der Waals surface area (Å²) in [6, 6.07) is 6.58. The summed E-state index contributed by atoms with van der Waals surface area (Å²) in [5.41, 5.74) is 3.75. The summed E-state index contributed by atoms with van der Waals surface area (Å²) >= 11 is 0. The molecule has 0 heterocycles. The van der Waals surface area contributed by atoms with Gasteiger partial charge < -0.3 is 0 Å². The number of benzene rings is 1.